The summed E-state index contributed by atoms with van der Waals surface area (Å²) in [5.41, 5.74) is 0. The van der Waals surface area contributed by atoms with E-state index in [4.69, 9.17) is 18.1 Å². The fraction of sp³-hybridized carbons (Fsp3) is 1.00. The molecule has 0 aromatic heterocycles. The highest BCUT2D eigenvalue weighted by Gasteiger charge is 2.69. The number of halogens is 2. The minimum atomic E-state index is -5.05. The van der Waals surface area contributed by atoms with Gasteiger partial charge in [0.05, 0.1) is 26.4 Å². The first-order valence-corrected chi connectivity index (χ1v) is 13.0. The van der Waals surface area contributed by atoms with Crippen molar-refractivity contribution in [2.75, 3.05) is 26.4 Å². The van der Waals surface area contributed by atoms with Crippen LogP contribution in [0.5, 0.6) is 0 Å². The van der Waals surface area contributed by atoms with Crippen LogP contribution in [-0.2, 0) is 27.2 Å². The largest absolute Gasteiger partial charge is 0.444 e. The first-order valence-electron chi connectivity index (χ1n) is 9.90. The first-order chi connectivity index (χ1) is 12.7. The van der Waals surface area contributed by atoms with Gasteiger partial charge in [-0.2, -0.15) is 8.78 Å². The fourth-order valence-electron chi connectivity index (χ4n) is 1.85. The van der Waals surface area contributed by atoms with Crippen LogP contribution in [0.3, 0.4) is 0 Å². The van der Waals surface area contributed by atoms with Crippen LogP contribution in [0.1, 0.15) is 79.1 Å². The third-order valence-corrected chi connectivity index (χ3v) is 8.57. The molecular formula is C17H36F2O6P2. The van der Waals surface area contributed by atoms with Crippen molar-refractivity contribution < 1.29 is 36.0 Å². The molecule has 0 N–H and O–H groups in total. The summed E-state index contributed by atoms with van der Waals surface area (Å²) in [4.78, 5) is 0. The molecule has 0 bridgehead atoms. The Kier molecular flexibility index (Phi) is 14.3. The van der Waals surface area contributed by atoms with Gasteiger partial charge in [-0.3, -0.25) is 9.13 Å². The zero-order valence-corrected chi connectivity index (χ0v) is 18.9. The van der Waals surface area contributed by atoms with Gasteiger partial charge in [0.15, 0.2) is 0 Å². The normalized spacial score (nSPS) is 13.3. The van der Waals surface area contributed by atoms with E-state index < -0.39 is 20.6 Å². The molecule has 0 saturated heterocycles. The lowest BCUT2D eigenvalue weighted by Crippen LogP contribution is -2.24. The predicted octanol–water partition coefficient (Wildman–Crippen LogP) is 7.19. The third-order valence-electron chi connectivity index (χ3n) is 3.70. The number of unbranched alkanes of at least 4 members (excludes halogenated alkanes) is 4. The molecule has 0 rings (SSSR count). The number of hydrogen-bond donors (Lipinski definition) is 0. The SMILES string of the molecule is CCCCOP(=O)(OCCCC)C(F)(F)P(=O)(OCCCC)OCCCC. The number of hydrogen-bond acceptors (Lipinski definition) is 6. The maximum atomic E-state index is 15.2. The van der Waals surface area contributed by atoms with Gasteiger partial charge in [-0.15, -0.1) is 0 Å². The van der Waals surface area contributed by atoms with Crippen LogP contribution in [-0.4, -0.2) is 31.8 Å². The van der Waals surface area contributed by atoms with Crippen LogP contribution in [0.15, 0.2) is 0 Å². The molecule has 0 fully saturated rings. The molecule has 0 aliphatic heterocycles. The Bertz CT molecular complexity index is 408. The van der Waals surface area contributed by atoms with E-state index in [9.17, 15) is 9.13 Å². The average Bonchev–Trinajstić information content (AvgIpc) is 2.62. The van der Waals surface area contributed by atoms with Crippen molar-refractivity contribution in [3.8, 4) is 0 Å². The number of alkyl halides is 2. The van der Waals surface area contributed by atoms with Crippen LogP contribution in [0.4, 0.5) is 8.78 Å². The van der Waals surface area contributed by atoms with Gasteiger partial charge >= 0.3 is 20.6 Å². The summed E-state index contributed by atoms with van der Waals surface area (Å²) < 4.78 is 76.3. The van der Waals surface area contributed by atoms with E-state index in [2.05, 4.69) is 0 Å². The van der Waals surface area contributed by atoms with E-state index in [0.29, 0.717) is 51.4 Å². The maximum absolute atomic E-state index is 15.2. The molecule has 0 amide bonds. The molecule has 27 heavy (non-hydrogen) atoms. The van der Waals surface area contributed by atoms with Gasteiger partial charge < -0.3 is 18.1 Å². The summed E-state index contributed by atoms with van der Waals surface area (Å²) in [7, 11) is -10.1. The Hall–Kier alpha value is 0.160. The second-order valence-electron chi connectivity index (χ2n) is 6.25. The molecule has 0 aliphatic rings. The topological polar surface area (TPSA) is 71.1 Å². The minimum absolute atomic E-state index is 0.181. The molecular weight excluding hydrogens is 400 g/mol. The van der Waals surface area contributed by atoms with E-state index in [0.717, 1.165) is 0 Å². The van der Waals surface area contributed by atoms with E-state index in [-0.39, 0.29) is 26.4 Å². The van der Waals surface area contributed by atoms with Gasteiger partial charge in [0.25, 0.3) is 0 Å². The lowest BCUT2D eigenvalue weighted by molar-refractivity contribution is 0.0563. The molecule has 0 spiro atoms. The van der Waals surface area contributed by atoms with Gasteiger partial charge in [0.2, 0.25) is 0 Å². The van der Waals surface area contributed by atoms with Gasteiger partial charge in [0.1, 0.15) is 0 Å². The molecule has 0 saturated carbocycles. The van der Waals surface area contributed by atoms with Crippen LogP contribution < -0.4 is 0 Å². The van der Waals surface area contributed by atoms with Crippen LogP contribution in [0.2, 0.25) is 0 Å². The van der Waals surface area contributed by atoms with Crippen molar-refractivity contribution in [2.45, 2.75) is 84.5 Å². The van der Waals surface area contributed by atoms with E-state index in [1.807, 2.05) is 27.7 Å². The monoisotopic (exact) mass is 436 g/mol. The van der Waals surface area contributed by atoms with Gasteiger partial charge in [-0.25, -0.2) is 0 Å². The van der Waals surface area contributed by atoms with Crippen LogP contribution in [0, 0.1) is 0 Å². The molecule has 10 heteroatoms. The summed E-state index contributed by atoms with van der Waals surface area (Å²) in [6.07, 6.45) is 4.36. The fourth-order valence-corrected chi connectivity index (χ4v) is 5.99. The Morgan fingerprint density at radius 3 is 1.00 bits per heavy atom. The van der Waals surface area contributed by atoms with E-state index in [1.54, 1.807) is 0 Å². The lowest BCUT2D eigenvalue weighted by Gasteiger charge is -2.31. The standard InChI is InChI=1S/C17H36F2O6P2/c1-5-9-13-22-26(20,23-14-10-6-2)17(18,19)27(21,24-15-11-7-3)25-16-12-8-4/h5-16H2,1-4H3. The van der Waals surface area contributed by atoms with E-state index >= 15 is 8.78 Å². The molecule has 0 aromatic rings. The molecule has 0 atom stereocenters. The second-order valence-corrected chi connectivity index (χ2v) is 10.8. The molecule has 164 valence electrons. The molecule has 0 aliphatic carbocycles. The quantitative estimate of drug-likeness (QED) is 0.167. The Morgan fingerprint density at radius 1 is 0.593 bits per heavy atom. The molecule has 6 nitrogen and oxygen atoms in total. The Labute approximate surface area is 162 Å². The first kappa shape index (κ1) is 27.2. The highest BCUT2D eigenvalue weighted by atomic mass is 31.2. The second kappa shape index (κ2) is 14.2. The third kappa shape index (κ3) is 8.59. The van der Waals surface area contributed by atoms with Gasteiger partial charge in [0, 0.05) is 0 Å². The van der Waals surface area contributed by atoms with Gasteiger partial charge in [-0.1, -0.05) is 53.4 Å². The minimum Gasteiger partial charge on any atom is -0.304 e. The van der Waals surface area contributed by atoms with E-state index in [1.165, 1.54) is 0 Å². The van der Waals surface area contributed by atoms with Crippen LogP contribution >= 0.6 is 15.2 Å². The average molecular weight is 436 g/mol. The van der Waals surface area contributed by atoms with Crippen molar-refractivity contribution in [1.82, 2.24) is 0 Å². The van der Waals surface area contributed by atoms with Crippen molar-refractivity contribution >= 4 is 15.2 Å². The summed E-state index contributed by atoms with van der Waals surface area (Å²) >= 11 is 0. The summed E-state index contributed by atoms with van der Waals surface area (Å²) in [6, 6.07) is 0. The Balaban J connectivity index is 5.60. The smallest absolute Gasteiger partial charge is 0.304 e. The molecule has 0 heterocycles. The van der Waals surface area contributed by atoms with Crippen LogP contribution in [0.25, 0.3) is 0 Å². The summed E-state index contributed by atoms with van der Waals surface area (Å²) in [5, 5.41) is -4.37. The summed E-state index contributed by atoms with van der Waals surface area (Å²) in [5.74, 6) is 0. The van der Waals surface area contributed by atoms with Crippen molar-refractivity contribution in [3.05, 3.63) is 0 Å². The molecule has 0 aromatic carbocycles. The highest BCUT2D eigenvalue weighted by molar-refractivity contribution is 7.73. The lowest BCUT2D eigenvalue weighted by atomic mass is 10.4. The Morgan fingerprint density at radius 2 is 0.815 bits per heavy atom. The maximum Gasteiger partial charge on any atom is 0.444 e. The summed E-state index contributed by atoms with van der Waals surface area (Å²) in [6.45, 7) is 6.65. The molecule has 0 unspecified atom stereocenters. The highest BCUT2D eigenvalue weighted by Crippen LogP contribution is 2.79. The van der Waals surface area contributed by atoms with Crippen molar-refractivity contribution in [2.24, 2.45) is 0 Å². The zero-order valence-electron chi connectivity index (χ0n) is 17.1. The van der Waals surface area contributed by atoms with Crippen molar-refractivity contribution in [1.29, 1.82) is 0 Å². The van der Waals surface area contributed by atoms with Crippen molar-refractivity contribution in [3.63, 3.8) is 0 Å². The molecule has 0 radical (unpaired) electrons. The number of rotatable bonds is 18. The van der Waals surface area contributed by atoms with Gasteiger partial charge in [-0.05, 0) is 25.7 Å². The zero-order chi connectivity index (χ0) is 20.8. The predicted molar refractivity (Wildman–Crippen MR) is 104 cm³/mol.